The number of hydrogen-bond donors (Lipinski definition) is 4. The minimum absolute atomic E-state index is 0.105. The summed E-state index contributed by atoms with van der Waals surface area (Å²) in [6, 6.07) is 21.2. The van der Waals surface area contributed by atoms with Gasteiger partial charge in [-0.3, -0.25) is 4.79 Å². The molecular formula is C40H45N8O2Si+. The third-order valence-electron chi connectivity index (χ3n) is 10.1. The Morgan fingerprint density at radius 2 is 1.78 bits per heavy atom. The van der Waals surface area contributed by atoms with Crippen LogP contribution in [0, 0.1) is 6.92 Å². The molecule has 10 nitrogen and oxygen atoms in total. The highest BCUT2D eigenvalue weighted by molar-refractivity contribution is 6.97. The molecule has 0 bridgehead atoms. The van der Waals surface area contributed by atoms with E-state index in [1.165, 1.54) is 44.0 Å². The van der Waals surface area contributed by atoms with Crippen molar-refractivity contribution < 1.29 is 14.4 Å². The first-order valence-electron chi connectivity index (χ1n) is 17.2. The monoisotopic (exact) mass is 697 g/mol. The number of likely N-dealkylation sites (N-methyl/N-ethyl adjacent to an activating group) is 1. The number of allylic oxidation sites excluding steroid dienone is 3. The van der Waals surface area contributed by atoms with Gasteiger partial charge in [-0.2, -0.15) is 9.97 Å². The Kier molecular flexibility index (Phi) is 8.86. The highest BCUT2D eigenvalue weighted by Gasteiger charge is 2.41. The molecule has 1 unspecified atom stereocenters. The van der Waals surface area contributed by atoms with Crippen LogP contribution in [0.2, 0.25) is 13.1 Å². The van der Waals surface area contributed by atoms with Gasteiger partial charge < -0.3 is 30.6 Å². The number of nitrogens with one attached hydrogen (secondary N) is 3. The molecule has 2 aromatic heterocycles. The van der Waals surface area contributed by atoms with E-state index in [9.17, 15) is 4.79 Å². The van der Waals surface area contributed by atoms with Gasteiger partial charge in [0, 0.05) is 31.9 Å². The van der Waals surface area contributed by atoms with E-state index < -0.39 is 8.07 Å². The third kappa shape index (κ3) is 6.46. The van der Waals surface area contributed by atoms with Crippen molar-refractivity contribution >= 4 is 47.5 Å². The highest BCUT2D eigenvalue weighted by atomic mass is 28.3. The Balaban J connectivity index is 1.13. The van der Waals surface area contributed by atoms with Crippen LogP contribution in [-0.2, 0) is 13.2 Å². The van der Waals surface area contributed by atoms with Gasteiger partial charge >= 0.3 is 0 Å². The molecule has 51 heavy (non-hydrogen) atoms. The number of aromatic nitrogens is 4. The fourth-order valence-electron chi connectivity index (χ4n) is 7.01. The number of fused-ring (bicyclic) bond motifs is 3. The number of aromatic amines is 1. The number of aryl methyl sites for hydroxylation is 1. The normalized spacial score (nSPS) is 16.2. The van der Waals surface area contributed by atoms with Gasteiger partial charge in [-0.05, 0) is 92.7 Å². The van der Waals surface area contributed by atoms with Crippen molar-refractivity contribution in [2.24, 2.45) is 0 Å². The van der Waals surface area contributed by atoms with Gasteiger partial charge in [0.25, 0.3) is 5.91 Å². The molecule has 0 saturated heterocycles. The number of carbonyl (C=O) groups is 1. The Labute approximate surface area is 299 Å². The van der Waals surface area contributed by atoms with Crippen molar-refractivity contribution in [3.05, 3.63) is 129 Å². The average molecular weight is 698 g/mol. The predicted octanol–water partition coefficient (Wildman–Crippen LogP) is 4.10. The van der Waals surface area contributed by atoms with Crippen LogP contribution in [-0.4, -0.2) is 68.1 Å². The number of hydrogen-bond acceptors (Lipinski definition) is 7. The van der Waals surface area contributed by atoms with Crippen LogP contribution < -0.4 is 30.8 Å². The van der Waals surface area contributed by atoms with Gasteiger partial charge in [0.2, 0.25) is 11.8 Å². The van der Waals surface area contributed by atoms with Crippen molar-refractivity contribution in [2.75, 3.05) is 38.8 Å². The van der Waals surface area contributed by atoms with Crippen LogP contribution in [0.1, 0.15) is 38.2 Å². The number of carbonyl (C=O) groups excluding carboxylic acids is 1. The molecule has 1 aliphatic carbocycles. The van der Waals surface area contributed by atoms with Crippen molar-refractivity contribution in [2.45, 2.75) is 39.2 Å². The summed E-state index contributed by atoms with van der Waals surface area (Å²) < 4.78 is 5.92. The molecule has 0 radical (unpaired) electrons. The number of ether oxygens (including phenoxy) is 1. The second-order valence-corrected chi connectivity index (χ2v) is 18.7. The number of rotatable bonds is 9. The van der Waals surface area contributed by atoms with Crippen LogP contribution in [0.25, 0.3) is 16.7 Å². The smallest absolute Gasteiger partial charge is 0.251 e. The zero-order chi connectivity index (χ0) is 36.0. The number of amides is 1. The van der Waals surface area contributed by atoms with Gasteiger partial charge in [0.05, 0.1) is 20.4 Å². The maximum absolute atomic E-state index is 13.7. The maximum atomic E-state index is 13.7. The van der Waals surface area contributed by atoms with Crippen LogP contribution in [0.15, 0.2) is 96.0 Å². The predicted molar refractivity (Wildman–Crippen MR) is 207 cm³/mol. The van der Waals surface area contributed by atoms with Crippen molar-refractivity contribution in [3.8, 4) is 5.88 Å². The molecule has 5 N–H and O–H groups in total. The van der Waals surface area contributed by atoms with E-state index in [0.29, 0.717) is 41.8 Å². The van der Waals surface area contributed by atoms with E-state index >= 15 is 0 Å². The van der Waals surface area contributed by atoms with Gasteiger partial charge in [-0.15, -0.1) is 0 Å². The van der Waals surface area contributed by atoms with E-state index in [1.807, 2.05) is 30.3 Å². The molecule has 0 fully saturated rings. The number of quaternary nitrogens is 1. The van der Waals surface area contributed by atoms with E-state index in [2.05, 4.69) is 127 Å². The Morgan fingerprint density at radius 3 is 2.53 bits per heavy atom. The van der Waals surface area contributed by atoms with Gasteiger partial charge in [-0.25, -0.2) is 4.98 Å². The Hall–Kier alpha value is -5.52. The van der Waals surface area contributed by atoms with Crippen LogP contribution >= 0.6 is 0 Å². The highest BCUT2D eigenvalue weighted by Crippen LogP contribution is 2.43. The number of nitrogens with two attached hydrogens (primary N) is 1. The number of nitrogen functional groups attached to an aromatic ring is 1. The van der Waals surface area contributed by atoms with E-state index in [0.717, 1.165) is 22.3 Å². The summed E-state index contributed by atoms with van der Waals surface area (Å²) in [5.74, 6) is 0.346. The molecule has 1 atom stereocenters. The van der Waals surface area contributed by atoms with Crippen molar-refractivity contribution in [3.63, 3.8) is 0 Å². The Morgan fingerprint density at radius 1 is 1.02 bits per heavy atom. The molecule has 1 amide bonds. The summed E-state index contributed by atoms with van der Waals surface area (Å²) in [5.41, 5.74) is 16.6. The lowest BCUT2D eigenvalue weighted by Crippen LogP contribution is -3.09. The summed E-state index contributed by atoms with van der Waals surface area (Å²) in [7, 11) is 6.58. The lowest BCUT2D eigenvalue weighted by Gasteiger charge is -2.39. The molecule has 0 spiro atoms. The lowest BCUT2D eigenvalue weighted by atomic mass is 9.86. The number of benzene rings is 3. The first-order valence-corrected chi connectivity index (χ1v) is 20.2. The molecule has 260 valence electrons. The maximum Gasteiger partial charge on any atom is 0.251 e. The fraction of sp³-hybridized carbons (Fsp3) is 0.250. The Bertz CT molecular complexity index is 2250. The molecule has 1 aliphatic heterocycles. The molecule has 7 rings (SSSR count). The zero-order valence-corrected chi connectivity index (χ0v) is 31.3. The van der Waals surface area contributed by atoms with Crippen molar-refractivity contribution in [1.29, 1.82) is 0 Å². The third-order valence-corrected chi connectivity index (χ3v) is 13.6. The van der Waals surface area contributed by atoms with E-state index in [4.69, 9.17) is 10.5 Å². The summed E-state index contributed by atoms with van der Waals surface area (Å²) in [6.45, 7) is 7.77. The van der Waals surface area contributed by atoms with Crippen LogP contribution in [0.4, 0.5) is 11.6 Å². The van der Waals surface area contributed by atoms with Gasteiger partial charge in [-0.1, -0.05) is 55.6 Å². The zero-order valence-electron chi connectivity index (χ0n) is 30.3. The number of H-pyrrole nitrogens is 1. The lowest BCUT2D eigenvalue weighted by molar-refractivity contribution is -0.871. The van der Waals surface area contributed by atoms with E-state index in [1.54, 1.807) is 0 Å². The molecule has 2 aliphatic rings. The minimum Gasteiger partial charge on any atom is -0.471 e. The number of imidazole rings is 1. The molecule has 5 aromatic rings. The summed E-state index contributed by atoms with van der Waals surface area (Å²) in [6.07, 6.45) is 8.69. The molecule has 3 heterocycles. The quantitative estimate of drug-likeness (QED) is 0.171. The summed E-state index contributed by atoms with van der Waals surface area (Å²) in [4.78, 5) is 32.7. The summed E-state index contributed by atoms with van der Waals surface area (Å²) >= 11 is 0. The average Bonchev–Trinajstić information content (AvgIpc) is 3.59. The van der Waals surface area contributed by atoms with E-state index in [-0.39, 0.29) is 11.9 Å². The number of nitrogens with zero attached hydrogens (tertiary/aromatic N) is 4. The second kappa shape index (κ2) is 13.3. The summed E-state index contributed by atoms with van der Waals surface area (Å²) in [5, 5.41) is 6.03. The van der Waals surface area contributed by atoms with Gasteiger partial charge in [0.1, 0.15) is 26.2 Å². The molecule has 3 aromatic carbocycles. The SMILES string of the molecule is Cc1ccc(C(=O)NCc2ccc(COc3nc(N)nc4nc[nH]c34)cc2)cc1C1=C2C=CC([NH+](C)C)C=C2[Si](C)(C)c2cc(N(C)C)ccc21. The number of anilines is 2. The second-order valence-electron chi connectivity index (χ2n) is 14.4. The largest absolute Gasteiger partial charge is 0.471 e. The standard InChI is InChI=1S/C40H44N8O2Si/c1-24-8-13-27(38(49)42-21-25-9-11-26(12-10-25)22-50-39-36-37(44-23-43-36)45-40(41)46-39)18-32(24)35-30-16-14-28(47(2)3)19-33(30)51(6,7)34-20-29(48(4)5)15-17-31(34)35/h8-20,23,28H,21-22H2,1-7H3,(H,42,49)(H3,41,43,44,45,46)/p+1. The first kappa shape index (κ1) is 33.9. The van der Waals surface area contributed by atoms with Crippen LogP contribution in [0.3, 0.4) is 0 Å². The first-order chi connectivity index (χ1) is 24.4. The molecular weight excluding hydrogens is 653 g/mol. The van der Waals surface area contributed by atoms with Crippen molar-refractivity contribution in [1.82, 2.24) is 25.3 Å². The van der Waals surface area contributed by atoms with Gasteiger partial charge in [0.15, 0.2) is 5.65 Å². The fourth-order valence-corrected chi connectivity index (χ4v) is 10.2. The van der Waals surface area contributed by atoms with Crippen LogP contribution in [0.5, 0.6) is 5.88 Å². The molecule has 0 saturated carbocycles. The minimum atomic E-state index is -2.04. The molecule has 11 heteroatoms. The topological polar surface area (TPSA) is 126 Å².